The number of aliphatic carboxylic acids is 1. The van der Waals surface area contributed by atoms with Crippen molar-refractivity contribution in [2.75, 3.05) is 7.11 Å². The SMILES string of the molecule is COc1ccc(C2=NOC(CC(=O)O)C2)cc1OC1CCCC1. The summed E-state index contributed by atoms with van der Waals surface area (Å²) in [6, 6.07) is 5.65. The van der Waals surface area contributed by atoms with Crippen LogP contribution in [-0.4, -0.2) is 36.1 Å². The maximum absolute atomic E-state index is 10.8. The Kier molecular flexibility index (Phi) is 4.69. The Bertz CT molecular complexity index is 607. The number of carboxylic acid groups (broad SMARTS) is 1. The van der Waals surface area contributed by atoms with E-state index in [1.807, 2.05) is 18.2 Å². The highest BCUT2D eigenvalue weighted by Crippen LogP contribution is 2.33. The minimum atomic E-state index is -0.883. The lowest BCUT2D eigenvalue weighted by atomic mass is 10.0. The first-order valence-corrected chi connectivity index (χ1v) is 7.95. The molecule has 23 heavy (non-hydrogen) atoms. The Hall–Kier alpha value is -2.24. The molecule has 1 atom stereocenters. The fourth-order valence-corrected chi connectivity index (χ4v) is 3.04. The first kappa shape index (κ1) is 15.6. The number of methoxy groups -OCH3 is 1. The molecule has 0 spiro atoms. The fourth-order valence-electron chi connectivity index (χ4n) is 3.04. The summed E-state index contributed by atoms with van der Waals surface area (Å²) >= 11 is 0. The lowest BCUT2D eigenvalue weighted by Gasteiger charge is -2.16. The Morgan fingerprint density at radius 3 is 2.83 bits per heavy atom. The van der Waals surface area contributed by atoms with Crippen LogP contribution in [0.1, 0.15) is 44.1 Å². The highest BCUT2D eigenvalue weighted by atomic mass is 16.6. The Morgan fingerprint density at radius 2 is 2.13 bits per heavy atom. The molecule has 6 nitrogen and oxygen atoms in total. The van der Waals surface area contributed by atoms with Crippen LogP contribution in [0.15, 0.2) is 23.4 Å². The zero-order valence-electron chi connectivity index (χ0n) is 13.2. The number of hydrogen-bond donors (Lipinski definition) is 1. The maximum Gasteiger partial charge on any atom is 0.307 e. The number of oxime groups is 1. The van der Waals surface area contributed by atoms with Crippen molar-refractivity contribution in [2.45, 2.75) is 50.7 Å². The molecule has 1 saturated carbocycles. The molecule has 1 N–H and O–H groups in total. The molecule has 1 heterocycles. The quantitative estimate of drug-likeness (QED) is 0.872. The fraction of sp³-hybridized carbons (Fsp3) is 0.529. The Balaban J connectivity index is 1.74. The summed E-state index contributed by atoms with van der Waals surface area (Å²) in [7, 11) is 1.62. The van der Waals surface area contributed by atoms with Crippen LogP contribution in [0.2, 0.25) is 0 Å². The van der Waals surface area contributed by atoms with Gasteiger partial charge in [-0.3, -0.25) is 4.79 Å². The van der Waals surface area contributed by atoms with Crippen molar-refractivity contribution in [3.05, 3.63) is 23.8 Å². The molecule has 1 fully saturated rings. The molecule has 1 aliphatic carbocycles. The van der Waals surface area contributed by atoms with Crippen LogP contribution in [0.3, 0.4) is 0 Å². The summed E-state index contributed by atoms with van der Waals surface area (Å²) in [6.07, 6.45) is 4.81. The van der Waals surface area contributed by atoms with Crippen molar-refractivity contribution in [3.8, 4) is 11.5 Å². The van der Waals surface area contributed by atoms with Crippen molar-refractivity contribution < 1.29 is 24.2 Å². The normalized spacial score (nSPS) is 20.9. The molecular formula is C17H21NO5. The number of ether oxygens (including phenoxy) is 2. The van der Waals surface area contributed by atoms with Gasteiger partial charge in [0.1, 0.15) is 6.10 Å². The highest BCUT2D eigenvalue weighted by Gasteiger charge is 2.26. The molecule has 0 radical (unpaired) electrons. The summed E-state index contributed by atoms with van der Waals surface area (Å²) in [5, 5.41) is 12.9. The van der Waals surface area contributed by atoms with Crippen molar-refractivity contribution in [1.82, 2.24) is 0 Å². The summed E-state index contributed by atoms with van der Waals surface area (Å²) < 4.78 is 11.4. The van der Waals surface area contributed by atoms with Crippen LogP contribution < -0.4 is 9.47 Å². The minimum absolute atomic E-state index is 0.0470. The van der Waals surface area contributed by atoms with E-state index in [0.717, 1.165) is 24.1 Å². The maximum atomic E-state index is 10.8. The number of hydrogen-bond acceptors (Lipinski definition) is 5. The number of carboxylic acids is 1. The monoisotopic (exact) mass is 319 g/mol. The molecule has 1 aromatic rings. The van der Waals surface area contributed by atoms with Crippen LogP contribution in [-0.2, 0) is 9.63 Å². The second-order valence-electron chi connectivity index (χ2n) is 5.96. The van der Waals surface area contributed by atoms with Gasteiger partial charge < -0.3 is 19.4 Å². The lowest BCUT2D eigenvalue weighted by Crippen LogP contribution is -2.14. The van der Waals surface area contributed by atoms with Crippen molar-refractivity contribution in [1.29, 1.82) is 0 Å². The smallest absolute Gasteiger partial charge is 0.307 e. The third-order valence-corrected chi connectivity index (χ3v) is 4.23. The molecule has 2 aliphatic rings. The van der Waals surface area contributed by atoms with E-state index in [0.29, 0.717) is 17.9 Å². The van der Waals surface area contributed by atoms with Crippen molar-refractivity contribution in [2.24, 2.45) is 5.16 Å². The molecule has 0 saturated heterocycles. The third-order valence-electron chi connectivity index (χ3n) is 4.23. The van der Waals surface area contributed by atoms with Gasteiger partial charge in [0.25, 0.3) is 0 Å². The minimum Gasteiger partial charge on any atom is -0.493 e. The van der Waals surface area contributed by atoms with Crippen LogP contribution in [0, 0.1) is 0 Å². The molecule has 124 valence electrons. The van der Waals surface area contributed by atoms with Crippen LogP contribution in [0.5, 0.6) is 11.5 Å². The van der Waals surface area contributed by atoms with Gasteiger partial charge in [-0.1, -0.05) is 5.16 Å². The summed E-state index contributed by atoms with van der Waals surface area (Å²) in [6.45, 7) is 0. The summed E-state index contributed by atoms with van der Waals surface area (Å²) in [5.41, 5.74) is 1.63. The van der Waals surface area contributed by atoms with E-state index < -0.39 is 12.1 Å². The number of carbonyl (C=O) groups is 1. The van der Waals surface area contributed by atoms with E-state index in [1.165, 1.54) is 12.8 Å². The van der Waals surface area contributed by atoms with Gasteiger partial charge >= 0.3 is 5.97 Å². The van der Waals surface area contributed by atoms with Crippen molar-refractivity contribution in [3.63, 3.8) is 0 Å². The molecule has 3 rings (SSSR count). The van der Waals surface area contributed by atoms with E-state index in [4.69, 9.17) is 19.4 Å². The molecule has 6 heteroatoms. The van der Waals surface area contributed by atoms with Gasteiger partial charge in [0, 0.05) is 12.0 Å². The van der Waals surface area contributed by atoms with Crippen LogP contribution in [0.25, 0.3) is 0 Å². The van der Waals surface area contributed by atoms with Gasteiger partial charge in [0.15, 0.2) is 11.5 Å². The molecular weight excluding hydrogens is 298 g/mol. The van der Waals surface area contributed by atoms with Crippen molar-refractivity contribution >= 4 is 11.7 Å². The second-order valence-corrected chi connectivity index (χ2v) is 5.96. The standard InChI is InChI=1S/C17H21NO5/c1-21-15-7-6-11(8-16(15)22-12-4-2-3-5-12)14-9-13(23-18-14)10-17(19)20/h6-8,12-13H,2-5,9-10H2,1H3,(H,19,20). The zero-order valence-corrected chi connectivity index (χ0v) is 13.2. The first-order valence-electron chi connectivity index (χ1n) is 7.95. The topological polar surface area (TPSA) is 77.4 Å². The van der Waals surface area contributed by atoms with Crippen LogP contribution in [0.4, 0.5) is 0 Å². The Labute approximate surface area is 135 Å². The first-order chi connectivity index (χ1) is 11.2. The predicted molar refractivity (Wildman–Crippen MR) is 84.2 cm³/mol. The average molecular weight is 319 g/mol. The van der Waals surface area contributed by atoms with Gasteiger partial charge in [0.05, 0.1) is 25.3 Å². The molecule has 0 amide bonds. The summed E-state index contributed by atoms with van der Waals surface area (Å²) in [5.74, 6) is 0.523. The molecule has 1 unspecified atom stereocenters. The molecule has 1 aromatic carbocycles. The Morgan fingerprint density at radius 1 is 1.35 bits per heavy atom. The zero-order chi connectivity index (χ0) is 16.2. The van der Waals surface area contributed by atoms with E-state index in [9.17, 15) is 4.79 Å². The van der Waals surface area contributed by atoms with E-state index >= 15 is 0 Å². The second kappa shape index (κ2) is 6.89. The molecule has 0 bridgehead atoms. The summed E-state index contributed by atoms with van der Waals surface area (Å²) in [4.78, 5) is 16.0. The number of nitrogens with zero attached hydrogens (tertiary/aromatic N) is 1. The molecule has 1 aliphatic heterocycles. The number of benzene rings is 1. The van der Waals surface area contributed by atoms with E-state index in [-0.39, 0.29) is 12.5 Å². The highest BCUT2D eigenvalue weighted by molar-refractivity contribution is 6.02. The number of rotatable bonds is 6. The largest absolute Gasteiger partial charge is 0.493 e. The van der Waals surface area contributed by atoms with Gasteiger partial charge in [-0.05, 0) is 43.9 Å². The van der Waals surface area contributed by atoms with Gasteiger partial charge in [-0.25, -0.2) is 0 Å². The molecule has 0 aromatic heterocycles. The van der Waals surface area contributed by atoms with E-state index in [1.54, 1.807) is 7.11 Å². The van der Waals surface area contributed by atoms with Gasteiger partial charge in [-0.2, -0.15) is 0 Å². The average Bonchev–Trinajstić information content (AvgIpc) is 3.18. The van der Waals surface area contributed by atoms with Gasteiger partial charge in [-0.15, -0.1) is 0 Å². The van der Waals surface area contributed by atoms with Gasteiger partial charge in [0.2, 0.25) is 0 Å². The van der Waals surface area contributed by atoms with E-state index in [2.05, 4.69) is 5.16 Å². The van der Waals surface area contributed by atoms with Crippen LogP contribution >= 0.6 is 0 Å². The predicted octanol–water partition coefficient (Wildman–Crippen LogP) is 2.98. The third kappa shape index (κ3) is 3.75. The lowest BCUT2D eigenvalue weighted by molar-refractivity contribution is -0.139.